The monoisotopic (exact) mass is 276 g/mol. The van der Waals surface area contributed by atoms with Crippen molar-refractivity contribution in [3.8, 4) is 0 Å². The van der Waals surface area contributed by atoms with E-state index in [9.17, 15) is 14.7 Å². The van der Waals surface area contributed by atoms with Gasteiger partial charge in [-0.15, -0.1) is 0 Å². The summed E-state index contributed by atoms with van der Waals surface area (Å²) in [5.41, 5.74) is 4.89. The van der Waals surface area contributed by atoms with Gasteiger partial charge in [-0.1, -0.05) is 0 Å². The lowest BCUT2D eigenvalue weighted by Gasteiger charge is -2.16. The van der Waals surface area contributed by atoms with Crippen LogP contribution in [0.15, 0.2) is 23.1 Å². The van der Waals surface area contributed by atoms with Gasteiger partial charge in [-0.3, -0.25) is 9.36 Å². The van der Waals surface area contributed by atoms with Gasteiger partial charge >= 0.3 is 0 Å². The molecule has 0 fully saturated rings. The number of hydrogen-bond donors (Lipinski definition) is 2. The van der Waals surface area contributed by atoms with Crippen LogP contribution in [0.3, 0.4) is 0 Å². The topological polar surface area (TPSA) is 105 Å². The predicted octanol–water partition coefficient (Wildman–Crippen LogP) is -2.51. The van der Waals surface area contributed by atoms with Crippen LogP contribution >= 0.6 is 0 Å². The number of carbonyl (C=O) groups is 1. The molecule has 0 bridgehead atoms. The zero-order valence-electron chi connectivity index (χ0n) is 11.3. The molecular weight excluding hydrogens is 260 g/mol. The largest absolute Gasteiger partial charge is 0.545 e. The lowest BCUT2D eigenvalue weighted by atomic mass is 10.1. The smallest absolute Gasteiger partial charge is 0.263 e. The molecule has 0 saturated carbocycles. The van der Waals surface area contributed by atoms with E-state index in [4.69, 9.17) is 5.73 Å². The van der Waals surface area contributed by atoms with E-state index in [1.807, 2.05) is 14.1 Å². The number of nitrogens with two attached hydrogens (primary N) is 1. The molecule has 0 aliphatic carbocycles. The number of nitrogen functional groups attached to an aromatic ring is 1. The van der Waals surface area contributed by atoms with Crippen molar-refractivity contribution in [1.82, 2.24) is 9.55 Å². The van der Waals surface area contributed by atoms with E-state index in [1.165, 1.54) is 4.57 Å². The number of carboxylic acid groups (broad SMARTS) is 1. The number of quaternary nitrogens is 1. The second-order valence-electron chi connectivity index (χ2n) is 4.86. The SMILES string of the molecule is C[NH+](C)CCn1c(=O)c(C(=O)[O-])c(N)c2cccnc21. The second kappa shape index (κ2) is 5.30. The number of hydrogen-bond acceptors (Lipinski definition) is 5. The zero-order valence-corrected chi connectivity index (χ0v) is 11.3. The van der Waals surface area contributed by atoms with Gasteiger partial charge in [0.1, 0.15) is 5.65 Å². The van der Waals surface area contributed by atoms with Crippen LogP contribution in [0.25, 0.3) is 11.0 Å². The number of carboxylic acids is 1. The van der Waals surface area contributed by atoms with E-state index in [-0.39, 0.29) is 5.69 Å². The number of nitrogens with one attached hydrogen (secondary N) is 1. The van der Waals surface area contributed by atoms with Gasteiger partial charge < -0.3 is 20.5 Å². The van der Waals surface area contributed by atoms with Crippen LogP contribution in [0, 0.1) is 0 Å². The summed E-state index contributed by atoms with van der Waals surface area (Å²) in [6.07, 6.45) is 1.54. The molecule has 2 rings (SSSR count). The minimum atomic E-state index is -1.57. The minimum absolute atomic E-state index is 0.0912. The Kier molecular flexibility index (Phi) is 3.71. The van der Waals surface area contributed by atoms with Crippen molar-refractivity contribution in [1.29, 1.82) is 0 Å². The molecule has 20 heavy (non-hydrogen) atoms. The second-order valence-corrected chi connectivity index (χ2v) is 4.86. The van der Waals surface area contributed by atoms with Crippen molar-refractivity contribution in [3.63, 3.8) is 0 Å². The Labute approximate surface area is 115 Å². The Hall–Kier alpha value is -2.41. The van der Waals surface area contributed by atoms with Crippen LogP contribution in [0.5, 0.6) is 0 Å². The molecule has 106 valence electrons. The lowest BCUT2D eigenvalue weighted by Crippen LogP contribution is -3.06. The summed E-state index contributed by atoms with van der Waals surface area (Å²) in [6, 6.07) is 3.28. The minimum Gasteiger partial charge on any atom is -0.545 e. The summed E-state index contributed by atoms with van der Waals surface area (Å²) in [6.45, 7) is 1.01. The molecule has 0 aliphatic heterocycles. The lowest BCUT2D eigenvalue weighted by molar-refractivity contribution is -0.858. The summed E-state index contributed by atoms with van der Waals surface area (Å²) >= 11 is 0. The number of aromatic carboxylic acids is 1. The van der Waals surface area contributed by atoms with Crippen LogP contribution < -0.4 is 21.3 Å². The number of aromatic nitrogens is 2. The van der Waals surface area contributed by atoms with E-state index < -0.39 is 17.1 Å². The molecule has 7 nitrogen and oxygen atoms in total. The fourth-order valence-electron chi connectivity index (χ4n) is 2.04. The molecule has 0 aliphatic rings. The average Bonchev–Trinajstić information content (AvgIpc) is 2.38. The number of pyridine rings is 2. The molecule has 0 saturated heterocycles. The highest BCUT2D eigenvalue weighted by Crippen LogP contribution is 2.19. The van der Waals surface area contributed by atoms with E-state index in [0.717, 1.165) is 4.90 Å². The third-order valence-corrected chi connectivity index (χ3v) is 3.10. The van der Waals surface area contributed by atoms with Gasteiger partial charge in [-0.05, 0) is 12.1 Å². The summed E-state index contributed by atoms with van der Waals surface area (Å²) < 4.78 is 1.34. The maximum absolute atomic E-state index is 12.3. The molecule has 0 amide bonds. The highest BCUT2D eigenvalue weighted by Gasteiger charge is 2.16. The molecular formula is C13H16N4O3. The molecule has 2 heterocycles. The zero-order chi connectivity index (χ0) is 14.9. The quantitative estimate of drug-likeness (QED) is 0.641. The summed E-state index contributed by atoms with van der Waals surface area (Å²) in [7, 11) is 3.88. The van der Waals surface area contributed by atoms with Crippen molar-refractivity contribution < 1.29 is 14.8 Å². The number of carbonyl (C=O) groups excluding carboxylic acids is 1. The van der Waals surface area contributed by atoms with Crippen molar-refractivity contribution in [2.75, 3.05) is 26.4 Å². The van der Waals surface area contributed by atoms with Gasteiger partial charge in [0.15, 0.2) is 0 Å². The molecule has 2 aromatic heterocycles. The predicted molar refractivity (Wildman–Crippen MR) is 72.4 cm³/mol. The molecule has 7 heteroatoms. The highest BCUT2D eigenvalue weighted by atomic mass is 16.4. The van der Waals surface area contributed by atoms with Gasteiger partial charge in [0.2, 0.25) is 0 Å². The molecule has 0 spiro atoms. The van der Waals surface area contributed by atoms with Crippen molar-refractivity contribution in [3.05, 3.63) is 34.2 Å². The van der Waals surface area contributed by atoms with Crippen LogP contribution in [-0.2, 0) is 6.54 Å². The summed E-state index contributed by atoms with van der Waals surface area (Å²) in [4.78, 5) is 28.7. The average molecular weight is 276 g/mol. The normalized spacial score (nSPS) is 11.2. The maximum Gasteiger partial charge on any atom is 0.263 e. The van der Waals surface area contributed by atoms with Crippen molar-refractivity contribution in [2.45, 2.75) is 6.54 Å². The Morgan fingerprint density at radius 2 is 2.20 bits per heavy atom. The number of rotatable bonds is 4. The third-order valence-electron chi connectivity index (χ3n) is 3.10. The number of fused-ring (bicyclic) bond motifs is 1. The third kappa shape index (κ3) is 2.35. The van der Waals surface area contributed by atoms with Gasteiger partial charge in [-0.25, -0.2) is 4.98 Å². The summed E-state index contributed by atoms with van der Waals surface area (Å²) in [5.74, 6) is -1.57. The van der Waals surface area contributed by atoms with Crippen molar-refractivity contribution in [2.24, 2.45) is 0 Å². The van der Waals surface area contributed by atoms with Crippen LogP contribution in [0.2, 0.25) is 0 Å². The van der Waals surface area contributed by atoms with Crippen molar-refractivity contribution >= 4 is 22.7 Å². The Morgan fingerprint density at radius 3 is 2.80 bits per heavy atom. The maximum atomic E-state index is 12.3. The first-order valence-electron chi connectivity index (χ1n) is 6.21. The van der Waals surface area contributed by atoms with E-state index in [0.29, 0.717) is 24.1 Å². The molecule has 0 radical (unpaired) electrons. The first kappa shape index (κ1) is 14.0. The fourth-order valence-corrected chi connectivity index (χ4v) is 2.04. The fraction of sp³-hybridized carbons (Fsp3) is 0.308. The van der Waals surface area contributed by atoms with Crippen LogP contribution in [0.4, 0.5) is 5.69 Å². The van der Waals surface area contributed by atoms with Gasteiger partial charge in [0.05, 0.1) is 44.4 Å². The van der Waals surface area contributed by atoms with E-state index in [1.54, 1.807) is 18.3 Å². The molecule has 0 atom stereocenters. The van der Waals surface area contributed by atoms with Gasteiger partial charge in [0, 0.05) is 11.6 Å². The number of anilines is 1. The van der Waals surface area contributed by atoms with Gasteiger partial charge in [0.25, 0.3) is 5.56 Å². The van der Waals surface area contributed by atoms with Crippen LogP contribution in [-0.4, -0.2) is 36.2 Å². The Morgan fingerprint density at radius 1 is 1.50 bits per heavy atom. The number of likely N-dealkylation sites (N-methyl/N-ethyl adjacent to an activating group) is 1. The van der Waals surface area contributed by atoms with E-state index in [2.05, 4.69) is 4.98 Å². The Balaban J connectivity index is 2.77. The molecule has 2 aromatic rings. The summed E-state index contributed by atoms with van der Waals surface area (Å²) in [5, 5.41) is 11.6. The molecule has 0 aromatic carbocycles. The molecule has 0 unspecified atom stereocenters. The highest BCUT2D eigenvalue weighted by molar-refractivity contribution is 6.01. The van der Waals surface area contributed by atoms with Gasteiger partial charge in [-0.2, -0.15) is 0 Å². The first-order chi connectivity index (χ1) is 9.43. The first-order valence-corrected chi connectivity index (χ1v) is 6.21. The standard InChI is InChI=1S/C13H16N4O3/c1-16(2)6-7-17-11-8(4-3-5-15-11)10(14)9(12(17)18)13(19)20/h3-5H,6-7,14H2,1-2H3,(H,19,20). The number of nitrogens with zero attached hydrogens (tertiary/aromatic N) is 2. The van der Waals surface area contributed by atoms with E-state index >= 15 is 0 Å². The Bertz CT molecular complexity index is 721. The molecule has 3 N–H and O–H groups in total. The van der Waals surface area contributed by atoms with Crippen LogP contribution in [0.1, 0.15) is 10.4 Å².